The highest BCUT2D eigenvalue weighted by Gasteiger charge is 2.28. The number of methoxy groups -OCH3 is 1. The highest BCUT2D eigenvalue weighted by Crippen LogP contribution is 2.37. The van der Waals surface area contributed by atoms with Gasteiger partial charge in [0.1, 0.15) is 5.25 Å². The third-order valence-electron chi connectivity index (χ3n) is 3.48. The van der Waals surface area contributed by atoms with E-state index in [-0.39, 0.29) is 12.0 Å². The van der Waals surface area contributed by atoms with E-state index >= 15 is 0 Å². The molecule has 0 amide bonds. The Morgan fingerprint density at radius 3 is 3.05 bits per heavy atom. The van der Waals surface area contributed by atoms with Crippen molar-refractivity contribution in [2.24, 2.45) is 0 Å². The Balaban J connectivity index is 1.81. The summed E-state index contributed by atoms with van der Waals surface area (Å²) in [6.07, 6.45) is 1.75. The summed E-state index contributed by atoms with van der Waals surface area (Å²) in [7, 11) is 1.39. The van der Waals surface area contributed by atoms with Crippen LogP contribution in [0.2, 0.25) is 0 Å². The molecule has 1 fully saturated rings. The van der Waals surface area contributed by atoms with Gasteiger partial charge in [-0.25, -0.2) is 4.68 Å². The number of hydrogen-bond acceptors (Lipinski definition) is 8. The quantitative estimate of drug-likeness (QED) is 0.609. The highest BCUT2D eigenvalue weighted by molar-refractivity contribution is 8.00. The van der Waals surface area contributed by atoms with Gasteiger partial charge in [0.05, 0.1) is 13.2 Å². The number of thioether (sulfide) groups is 1. The molecule has 1 saturated heterocycles. The molecule has 0 saturated carbocycles. The first-order valence-electron chi connectivity index (χ1n) is 6.92. The first-order chi connectivity index (χ1) is 10.8. The van der Waals surface area contributed by atoms with Crippen LogP contribution in [0.1, 0.15) is 29.7 Å². The zero-order chi connectivity index (χ0) is 15.4. The van der Waals surface area contributed by atoms with Crippen LogP contribution < -0.4 is 0 Å². The Bertz CT molecular complexity index is 611. The average molecular weight is 340 g/mol. The standard InChI is InChI=1S/C13H16N4O3S2/c1-19-12(18)11(9-4-7-21-8-9)22-13-14-15-16-17(13)10-2-5-20-6-3-10/h4,7-8,10-11H,2-3,5-6H2,1H3/t11-/m1/s1. The Morgan fingerprint density at radius 2 is 2.36 bits per heavy atom. The van der Waals surface area contributed by atoms with E-state index in [0.717, 1.165) is 18.4 Å². The number of carbonyl (C=O) groups is 1. The van der Waals surface area contributed by atoms with Gasteiger partial charge in [-0.15, -0.1) is 5.10 Å². The molecule has 0 spiro atoms. The van der Waals surface area contributed by atoms with Crippen LogP contribution in [0, 0.1) is 0 Å². The van der Waals surface area contributed by atoms with Crippen molar-refractivity contribution in [3.05, 3.63) is 22.4 Å². The molecule has 1 aliphatic rings. The fourth-order valence-electron chi connectivity index (χ4n) is 2.31. The van der Waals surface area contributed by atoms with Crippen molar-refractivity contribution < 1.29 is 14.3 Å². The topological polar surface area (TPSA) is 79.1 Å². The van der Waals surface area contributed by atoms with Crippen LogP contribution in [0.3, 0.4) is 0 Å². The monoisotopic (exact) mass is 340 g/mol. The molecular weight excluding hydrogens is 324 g/mol. The normalized spacial score (nSPS) is 17.3. The van der Waals surface area contributed by atoms with Crippen LogP contribution >= 0.6 is 23.1 Å². The fourth-order valence-corrected chi connectivity index (χ4v) is 4.15. The predicted octanol–water partition coefficient (Wildman–Crippen LogP) is 2.09. The van der Waals surface area contributed by atoms with Gasteiger partial charge in [0.2, 0.25) is 5.16 Å². The molecule has 22 heavy (non-hydrogen) atoms. The Labute approximate surface area is 136 Å². The lowest BCUT2D eigenvalue weighted by Crippen LogP contribution is -2.21. The van der Waals surface area contributed by atoms with Gasteiger partial charge in [-0.3, -0.25) is 4.79 Å². The van der Waals surface area contributed by atoms with Gasteiger partial charge < -0.3 is 9.47 Å². The molecule has 2 aromatic heterocycles. The molecule has 3 rings (SSSR count). The smallest absolute Gasteiger partial charge is 0.323 e. The number of aromatic nitrogens is 4. The number of thiophene rings is 1. The van der Waals surface area contributed by atoms with Crippen molar-refractivity contribution in [1.29, 1.82) is 0 Å². The van der Waals surface area contributed by atoms with Crippen LogP contribution in [-0.4, -0.2) is 46.5 Å². The van der Waals surface area contributed by atoms with Crippen LogP contribution in [0.5, 0.6) is 0 Å². The lowest BCUT2D eigenvalue weighted by Gasteiger charge is -2.23. The van der Waals surface area contributed by atoms with Crippen molar-refractivity contribution >= 4 is 29.1 Å². The number of rotatable bonds is 5. The number of esters is 1. The molecule has 0 bridgehead atoms. The molecule has 118 valence electrons. The third-order valence-corrected chi connectivity index (χ3v) is 5.37. The van der Waals surface area contributed by atoms with Crippen molar-refractivity contribution in [3.63, 3.8) is 0 Å². The second-order valence-corrected chi connectivity index (χ2v) is 6.68. The maximum atomic E-state index is 12.1. The van der Waals surface area contributed by atoms with Crippen molar-refractivity contribution in [2.75, 3.05) is 20.3 Å². The van der Waals surface area contributed by atoms with E-state index in [9.17, 15) is 4.79 Å². The van der Waals surface area contributed by atoms with E-state index in [4.69, 9.17) is 9.47 Å². The van der Waals surface area contributed by atoms with Gasteiger partial charge in [-0.05, 0) is 45.7 Å². The number of hydrogen-bond donors (Lipinski definition) is 0. The van der Waals surface area contributed by atoms with E-state index in [1.807, 2.05) is 16.8 Å². The molecule has 0 aliphatic carbocycles. The first-order valence-corrected chi connectivity index (χ1v) is 8.74. The van der Waals surface area contributed by atoms with Gasteiger partial charge in [0, 0.05) is 13.2 Å². The minimum atomic E-state index is -0.458. The van der Waals surface area contributed by atoms with Crippen LogP contribution in [0.15, 0.2) is 22.0 Å². The minimum absolute atomic E-state index is 0.215. The lowest BCUT2D eigenvalue weighted by molar-refractivity contribution is -0.140. The Hall–Kier alpha value is -1.45. The van der Waals surface area contributed by atoms with Crippen molar-refractivity contribution in [2.45, 2.75) is 29.3 Å². The van der Waals surface area contributed by atoms with Crippen LogP contribution in [-0.2, 0) is 14.3 Å². The van der Waals surface area contributed by atoms with Crippen molar-refractivity contribution in [1.82, 2.24) is 20.2 Å². The second-order valence-electron chi connectivity index (χ2n) is 4.83. The zero-order valence-electron chi connectivity index (χ0n) is 12.0. The van der Waals surface area contributed by atoms with Gasteiger partial charge in [0.25, 0.3) is 0 Å². The largest absolute Gasteiger partial charge is 0.468 e. The summed E-state index contributed by atoms with van der Waals surface area (Å²) in [5, 5.41) is 16.0. The van der Waals surface area contributed by atoms with Gasteiger partial charge in [0.15, 0.2) is 0 Å². The van der Waals surface area contributed by atoms with E-state index in [2.05, 4.69) is 15.5 Å². The maximum Gasteiger partial charge on any atom is 0.323 e. The van der Waals surface area contributed by atoms with Gasteiger partial charge >= 0.3 is 5.97 Å². The molecule has 0 aromatic carbocycles. The number of nitrogens with zero attached hydrogens (tertiary/aromatic N) is 4. The molecule has 0 radical (unpaired) electrons. The number of ether oxygens (including phenoxy) is 2. The summed E-state index contributed by atoms with van der Waals surface area (Å²) >= 11 is 2.87. The molecule has 0 unspecified atom stereocenters. The first kappa shape index (κ1) is 15.4. The summed E-state index contributed by atoms with van der Waals surface area (Å²) in [6, 6.07) is 2.13. The molecule has 1 atom stereocenters. The van der Waals surface area contributed by atoms with Crippen molar-refractivity contribution in [3.8, 4) is 0 Å². The third kappa shape index (κ3) is 3.31. The molecule has 0 N–H and O–H groups in total. The van der Waals surface area contributed by atoms with E-state index < -0.39 is 5.25 Å². The van der Waals surface area contributed by atoms with Crippen LogP contribution in [0.25, 0.3) is 0 Å². The lowest BCUT2D eigenvalue weighted by atomic mass is 10.1. The molecule has 7 nitrogen and oxygen atoms in total. The summed E-state index contributed by atoms with van der Waals surface area (Å²) in [5.74, 6) is -0.301. The van der Waals surface area contributed by atoms with E-state index in [1.165, 1.54) is 18.9 Å². The minimum Gasteiger partial charge on any atom is -0.468 e. The summed E-state index contributed by atoms with van der Waals surface area (Å²) in [5.41, 5.74) is 0.906. The molecule has 1 aliphatic heterocycles. The summed E-state index contributed by atoms with van der Waals surface area (Å²) in [4.78, 5) is 12.1. The average Bonchev–Trinajstić information content (AvgIpc) is 3.24. The molecule has 9 heteroatoms. The maximum absolute atomic E-state index is 12.1. The van der Waals surface area contributed by atoms with E-state index in [0.29, 0.717) is 18.4 Å². The predicted molar refractivity (Wildman–Crippen MR) is 81.8 cm³/mol. The SMILES string of the molecule is COC(=O)[C@H](Sc1nnnn1C1CCOCC1)c1ccsc1. The number of tetrazole rings is 1. The summed E-state index contributed by atoms with van der Waals surface area (Å²) in [6.45, 7) is 1.42. The van der Waals surface area contributed by atoms with Gasteiger partial charge in [-0.2, -0.15) is 11.3 Å². The Morgan fingerprint density at radius 1 is 1.55 bits per heavy atom. The van der Waals surface area contributed by atoms with E-state index in [1.54, 1.807) is 16.0 Å². The second kappa shape index (κ2) is 7.21. The van der Waals surface area contributed by atoms with Crippen LogP contribution in [0.4, 0.5) is 0 Å². The highest BCUT2D eigenvalue weighted by atomic mass is 32.2. The molecular formula is C13H16N4O3S2. The molecule has 3 heterocycles. The van der Waals surface area contributed by atoms with Gasteiger partial charge in [-0.1, -0.05) is 11.8 Å². The zero-order valence-corrected chi connectivity index (χ0v) is 13.7. The molecule has 2 aromatic rings. The Kier molecular flexibility index (Phi) is 5.06. The number of carbonyl (C=O) groups excluding carboxylic acids is 1. The summed E-state index contributed by atoms with van der Waals surface area (Å²) < 4.78 is 12.1. The fraction of sp³-hybridized carbons (Fsp3) is 0.538.